The molecule has 0 N–H and O–H groups in total. The van der Waals surface area contributed by atoms with Crippen molar-refractivity contribution in [2.75, 3.05) is 0 Å². The van der Waals surface area contributed by atoms with Crippen LogP contribution in [-0.2, 0) is 6.42 Å². The summed E-state index contributed by atoms with van der Waals surface area (Å²) in [4.78, 5) is 4.26. The number of aromatic nitrogens is 3. The van der Waals surface area contributed by atoms with Crippen molar-refractivity contribution in [3.8, 4) is 0 Å². The Morgan fingerprint density at radius 3 is 2.80 bits per heavy atom. The first-order chi connectivity index (χ1) is 7.13. The summed E-state index contributed by atoms with van der Waals surface area (Å²) in [6, 6.07) is 1.85. The molecule has 0 aliphatic carbocycles. The van der Waals surface area contributed by atoms with Crippen molar-refractivity contribution in [3.05, 3.63) is 27.6 Å². The molecule has 15 heavy (non-hydrogen) atoms. The fourth-order valence-electron chi connectivity index (χ4n) is 1.55. The molecule has 5 heteroatoms. The molecule has 3 nitrogen and oxygen atoms in total. The van der Waals surface area contributed by atoms with Gasteiger partial charge in [0.05, 0.1) is 5.69 Å². The summed E-state index contributed by atoms with van der Waals surface area (Å²) >= 11 is 12.3. The maximum Gasteiger partial charge on any atom is 0.158 e. The van der Waals surface area contributed by atoms with Gasteiger partial charge in [0.25, 0.3) is 0 Å². The van der Waals surface area contributed by atoms with Gasteiger partial charge in [-0.2, -0.15) is 5.10 Å². The Kier molecular flexibility index (Phi) is 2.85. The van der Waals surface area contributed by atoms with Crippen LogP contribution in [0.2, 0.25) is 10.3 Å². The number of halogens is 2. The zero-order valence-corrected chi connectivity index (χ0v) is 10.1. The van der Waals surface area contributed by atoms with Gasteiger partial charge in [0.15, 0.2) is 5.65 Å². The lowest BCUT2D eigenvalue weighted by atomic mass is 10.2. The summed E-state index contributed by atoms with van der Waals surface area (Å²) in [6.07, 6.45) is 1.80. The fraction of sp³-hybridized carbons (Fsp3) is 0.400. The lowest BCUT2D eigenvalue weighted by Crippen LogP contribution is -1.99. The Morgan fingerprint density at radius 2 is 2.13 bits per heavy atom. The van der Waals surface area contributed by atoms with Crippen molar-refractivity contribution in [2.45, 2.75) is 26.7 Å². The number of hydrogen-bond acceptors (Lipinski definition) is 2. The van der Waals surface area contributed by atoms with Crippen LogP contribution in [0.15, 0.2) is 6.07 Å². The van der Waals surface area contributed by atoms with Gasteiger partial charge in [-0.15, -0.1) is 0 Å². The quantitative estimate of drug-likeness (QED) is 0.758. The van der Waals surface area contributed by atoms with Crippen LogP contribution in [0.25, 0.3) is 5.65 Å². The van der Waals surface area contributed by atoms with E-state index in [1.165, 1.54) is 0 Å². The molecule has 2 aromatic rings. The van der Waals surface area contributed by atoms with Gasteiger partial charge in [0.2, 0.25) is 0 Å². The lowest BCUT2D eigenvalue weighted by molar-refractivity contribution is 0.858. The molecule has 0 atom stereocenters. The molecule has 80 valence electrons. The SMILES string of the molecule is CCCc1c(Cl)nc2cc(C)nn2c1Cl. The first-order valence-corrected chi connectivity index (χ1v) is 5.59. The number of rotatable bonds is 2. The number of hydrogen-bond donors (Lipinski definition) is 0. The van der Waals surface area contributed by atoms with E-state index in [1.54, 1.807) is 4.52 Å². The first kappa shape index (κ1) is 10.7. The second-order valence-electron chi connectivity index (χ2n) is 3.48. The monoisotopic (exact) mass is 243 g/mol. The smallest absolute Gasteiger partial charge is 0.158 e. The molecule has 0 unspecified atom stereocenters. The molecule has 0 spiro atoms. The van der Waals surface area contributed by atoms with E-state index in [2.05, 4.69) is 17.0 Å². The molecule has 2 aromatic heterocycles. The third kappa shape index (κ3) is 1.82. The molecule has 0 aliphatic rings. The van der Waals surface area contributed by atoms with E-state index in [0.29, 0.717) is 16.0 Å². The van der Waals surface area contributed by atoms with Gasteiger partial charge in [-0.1, -0.05) is 36.5 Å². The highest BCUT2D eigenvalue weighted by Gasteiger charge is 2.12. The van der Waals surface area contributed by atoms with Crippen molar-refractivity contribution < 1.29 is 0 Å². The van der Waals surface area contributed by atoms with E-state index in [4.69, 9.17) is 23.2 Å². The highest BCUT2D eigenvalue weighted by Crippen LogP contribution is 2.25. The maximum atomic E-state index is 6.21. The average molecular weight is 244 g/mol. The highest BCUT2D eigenvalue weighted by atomic mass is 35.5. The van der Waals surface area contributed by atoms with Crippen LogP contribution in [0.3, 0.4) is 0 Å². The standard InChI is InChI=1S/C10H11Cl2N3/c1-3-4-7-9(11)13-8-5-6(2)14-15(8)10(7)12/h5H,3-4H2,1-2H3. The summed E-state index contributed by atoms with van der Waals surface area (Å²) in [6.45, 7) is 3.98. The molecule has 0 fully saturated rings. The molecule has 2 rings (SSSR count). The molecule has 2 heterocycles. The molecule has 0 saturated heterocycles. The fourth-order valence-corrected chi connectivity index (χ4v) is 2.17. The minimum atomic E-state index is 0.481. The van der Waals surface area contributed by atoms with E-state index in [0.717, 1.165) is 24.1 Å². The van der Waals surface area contributed by atoms with Gasteiger partial charge >= 0.3 is 0 Å². The lowest BCUT2D eigenvalue weighted by Gasteiger charge is -2.06. The van der Waals surface area contributed by atoms with Crippen LogP contribution in [0.1, 0.15) is 24.6 Å². The number of fused-ring (bicyclic) bond motifs is 1. The van der Waals surface area contributed by atoms with E-state index in [-0.39, 0.29) is 0 Å². The molecule has 0 amide bonds. The zero-order chi connectivity index (χ0) is 11.0. The first-order valence-electron chi connectivity index (χ1n) is 4.83. The molecule has 0 radical (unpaired) electrons. The van der Waals surface area contributed by atoms with Crippen molar-refractivity contribution >= 4 is 28.8 Å². The van der Waals surface area contributed by atoms with Crippen LogP contribution < -0.4 is 0 Å². The second kappa shape index (κ2) is 3.99. The summed E-state index contributed by atoms with van der Waals surface area (Å²) in [5, 5.41) is 5.31. The summed E-state index contributed by atoms with van der Waals surface area (Å²) in [5.74, 6) is 0. The Labute approximate surface area is 98.0 Å². The highest BCUT2D eigenvalue weighted by molar-refractivity contribution is 6.34. The third-order valence-corrected chi connectivity index (χ3v) is 2.91. The van der Waals surface area contributed by atoms with Crippen LogP contribution in [0, 0.1) is 6.92 Å². The topological polar surface area (TPSA) is 30.2 Å². The Bertz CT molecular complexity index is 505. The van der Waals surface area contributed by atoms with E-state index >= 15 is 0 Å². The third-order valence-electron chi connectivity index (χ3n) is 2.21. The Morgan fingerprint density at radius 1 is 1.40 bits per heavy atom. The Hall–Kier alpha value is -0.800. The number of nitrogens with zero attached hydrogens (tertiary/aromatic N) is 3. The van der Waals surface area contributed by atoms with Crippen molar-refractivity contribution in [1.82, 2.24) is 14.6 Å². The van der Waals surface area contributed by atoms with Gasteiger partial charge in [-0.05, 0) is 13.3 Å². The normalized spacial score (nSPS) is 11.2. The van der Waals surface area contributed by atoms with Gasteiger partial charge < -0.3 is 0 Å². The van der Waals surface area contributed by atoms with Crippen molar-refractivity contribution in [3.63, 3.8) is 0 Å². The van der Waals surface area contributed by atoms with E-state index in [9.17, 15) is 0 Å². The molecule has 0 aromatic carbocycles. The van der Waals surface area contributed by atoms with Gasteiger partial charge in [-0.3, -0.25) is 0 Å². The summed E-state index contributed by atoms with van der Waals surface area (Å²) in [5.41, 5.74) is 2.45. The summed E-state index contributed by atoms with van der Waals surface area (Å²) < 4.78 is 1.63. The predicted molar refractivity (Wildman–Crippen MR) is 61.7 cm³/mol. The minimum Gasteiger partial charge on any atom is -0.216 e. The van der Waals surface area contributed by atoms with E-state index in [1.807, 2.05) is 13.0 Å². The second-order valence-corrected chi connectivity index (χ2v) is 4.19. The Balaban J connectivity index is 2.71. The van der Waals surface area contributed by atoms with Gasteiger partial charge in [0, 0.05) is 11.6 Å². The maximum absolute atomic E-state index is 6.21. The molecular formula is C10H11Cl2N3. The number of aryl methyl sites for hydroxylation is 1. The predicted octanol–water partition coefficient (Wildman–Crippen LogP) is 3.30. The molecule has 0 saturated carbocycles. The zero-order valence-electron chi connectivity index (χ0n) is 8.59. The average Bonchev–Trinajstić information content (AvgIpc) is 2.53. The van der Waals surface area contributed by atoms with Crippen LogP contribution in [0.5, 0.6) is 0 Å². The van der Waals surface area contributed by atoms with Crippen LogP contribution in [0.4, 0.5) is 0 Å². The van der Waals surface area contributed by atoms with Crippen molar-refractivity contribution in [1.29, 1.82) is 0 Å². The summed E-state index contributed by atoms with van der Waals surface area (Å²) in [7, 11) is 0. The minimum absolute atomic E-state index is 0.481. The largest absolute Gasteiger partial charge is 0.216 e. The van der Waals surface area contributed by atoms with Crippen LogP contribution in [-0.4, -0.2) is 14.6 Å². The van der Waals surface area contributed by atoms with Gasteiger partial charge in [0.1, 0.15) is 10.3 Å². The van der Waals surface area contributed by atoms with Gasteiger partial charge in [-0.25, -0.2) is 9.50 Å². The molecule has 0 aliphatic heterocycles. The van der Waals surface area contributed by atoms with Crippen molar-refractivity contribution in [2.24, 2.45) is 0 Å². The van der Waals surface area contributed by atoms with E-state index < -0.39 is 0 Å². The molecular weight excluding hydrogens is 233 g/mol. The van der Waals surface area contributed by atoms with Crippen LogP contribution >= 0.6 is 23.2 Å². The molecule has 0 bridgehead atoms.